The molecule has 1 aliphatic rings. The molecule has 0 bridgehead atoms. The summed E-state index contributed by atoms with van der Waals surface area (Å²) < 4.78 is 5.39. The first-order chi connectivity index (χ1) is 7.48. The van der Waals surface area contributed by atoms with Gasteiger partial charge in [-0.15, -0.1) is 0 Å². The Bertz CT molecular complexity index is 460. The number of rotatable bonds is 1. The number of aromatic carboxylic acids is 1. The van der Waals surface area contributed by atoms with Gasteiger partial charge in [-0.1, -0.05) is 6.08 Å². The van der Waals surface area contributed by atoms with E-state index in [0.717, 1.165) is 0 Å². The molecule has 16 heavy (non-hydrogen) atoms. The van der Waals surface area contributed by atoms with E-state index in [-0.39, 0.29) is 12.2 Å². The molecular weight excluding hydrogens is 208 g/mol. The first-order valence-corrected chi connectivity index (χ1v) is 4.90. The Morgan fingerprint density at radius 2 is 2.25 bits per heavy atom. The second-order valence-electron chi connectivity index (χ2n) is 4.04. The Morgan fingerprint density at radius 3 is 2.94 bits per heavy atom. The molecule has 0 aromatic heterocycles. The van der Waals surface area contributed by atoms with Crippen molar-refractivity contribution in [3.05, 3.63) is 35.4 Å². The molecule has 2 N–H and O–H groups in total. The second kappa shape index (κ2) is 3.64. The number of hydrogen-bond donors (Lipinski definition) is 2. The molecule has 0 amide bonds. The fourth-order valence-electron chi connectivity index (χ4n) is 1.48. The van der Waals surface area contributed by atoms with Gasteiger partial charge in [0.1, 0.15) is 18.0 Å². The van der Waals surface area contributed by atoms with Gasteiger partial charge in [0.2, 0.25) is 0 Å². The Labute approximate surface area is 92.8 Å². The summed E-state index contributed by atoms with van der Waals surface area (Å²) in [6.45, 7) is 1.79. The maximum Gasteiger partial charge on any atom is 0.335 e. The zero-order chi connectivity index (χ0) is 11.8. The van der Waals surface area contributed by atoms with Crippen LogP contribution in [0.25, 0.3) is 6.08 Å². The molecule has 1 aliphatic heterocycles. The van der Waals surface area contributed by atoms with Crippen LogP contribution in [-0.2, 0) is 0 Å². The van der Waals surface area contributed by atoms with Crippen LogP contribution >= 0.6 is 0 Å². The van der Waals surface area contributed by atoms with Crippen molar-refractivity contribution in [2.45, 2.75) is 12.5 Å². The SMILES string of the molecule is C[C@@]1(O)C=Cc2cc(C(=O)O)ccc2OC1. The van der Waals surface area contributed by atoms with E-state index in [0.29, 0.717) is 11.3 Å². The van der Waals surface area contributed by atoms with Gasteiger partial charge in [-0.25, -0.2) is 4.79 Å². The summed E-state index contributed by atoms with van der Waals surface area (Å²) in [4.78, 5) is 10.8. The Morgan fingerprint density at radius 1 is 1.50 bits per heavy atom. The molecule has 0 saturated heterocycles. The molecule has 4 heteroatoms. The maximum atomic E-state index is 10.8. The lowest BCUT2D eigenvalue weighted by Gasteiger charge is -2.17. The van der Waals surface area contributed by atoms with Crippen molar-refractivity contribution in [3.63, 3.8) is 0 Å². The summed E-state index contributed by atoms with van der Waals surface area (Å²) in [5.74, 6) is -0.397. The lowest BCUT2D eigenvalue weighted by molar-refractivity contribution is 0.0565. The van der Waals surface area contributed by atoms with Gasteiger partial charge < -0.3 is 14.9 Å². The maximum absolute atomic E-state index is 10.8. The van der Waals surface area contributed by atoms with Crippen molar-refractivity contribution in [1.29, 1.82) is 0 Å². The summed E-state index contributed by atoms with van der Waals surface area (Å²) in [6.07, 6.45) is 3.28. The van der Waals surface area contributed by atoms with E-state index in [9.17, 15) is 9.90 Å². The topological polar surface area (TPSA) is 66.8 Å². The van der Waals surface area contributed by atoms with Crippen molar-refractivity contribution in [2.24, 2.45) is 0 Å². The van der Waals surface area contributed by atoms with E-state index < -0.39 is 11.6 Å². The number of ether oxygens (including phenoxy) is 1. The highest BCUT2D eigenvalue weighted by molar-refractivity contribution is 5.89. The van der Waals surface area contributed by atoms with Crippen LogP contribution in [0.5, 0.6) is 5.75 Å². The molecule has 4 nitrogen and oxygen atoms in total. The van der Waals surface area contributed by atoms with Crippen molar-refractivity contribution < 1.29 is 19.7 Å². The first-order valence-electron chi connectivity index (χ1n) is 4.90. The van der Waals surface area contributed by atoms with E-state index >= 15 is 0 Å². The number of fused-ring (bicyclic) bond motifs is 1. The van der Waals surface area contributed by atoms with Crippen LogP contribution in [0.2, 0.25) is 0 Å². The number of carboxylic acids is 1. The monoisotopic (exact) mass is 220 g/mol. The third-order valence-corrected chi connectivity index (χ3v) is 2.40. The van der Waals surface area contributed by atoms with Crippen LogP contribution in [0.4, 0.5) is 0 Å². The van der Waals surface area contributed by atoms with Gasteiger partial charge in [0, 0.05) is 5.56 Å². The van der Waals surface area contributed by atoms with Crippen LogP contribution in [0.1, 0.15) is 22.8 Å². The predicted molar refractivity (Wildman–Crippen MR) is 58.6 cm³/mol. The smallest absolute Gasteiger partial charge is 0.335 e. The molecule has 0 spiro atoms. The number of carboxylic acid groups (broad SMARTS) is 1. The molecule has 1 heterocycles. The molecule has 1 atom stereocenters. The highest BCUT2D eigenvalue weighted by atomic mass is 16.5. The quantitative estimate of drug-likeness (QED) is 0.753. The lowest BCUT2D eigenvalue weighted by atomic mass is 10.1. The number of aliphatic hydroxyl groups is 1. The van der Waals surface area contributed by atoms with Crippen molar-refractivity contribution in [2.75, 3.05) is 6.61 Å². The number of benzene rings is 1. The van der Waals surface area contributed by atoms with Crippen molar-refractivity contribution in [3.8, 4) is 5.75 Å². The van der Waals surface area contributed by atoms with E-state index in [1.807, 2.05) is 0 Å². The molecular formula is C12H12O4. The summed E-state index contributed by atoms with van der Waals surface area (Å²) in [5.41, 5.74) is -0.159. The zero-order valence-corrected chi connectivity index (χ0v) is 8.80. The highest BCUT2D eigenvalue weighted by Gasteiger charge is 2.21. The molecule has 0 unspecified atom stereocenters. The first kappa shape index (κ1) is 10.7. The summed E-state index contributed by atoms with van der Waals surface area (Å²) in [6, 6.07) is 4.61. The van der Waals surface area contributed by atoms with E-state index in [4.69, 9.17) is 9.84 Å². The summed E-state index contributed by atoms with van der Waals surface area (Å²) in [7, 11) is 0. The van der Waals surface area contributed by atoms with Crippen LogP contribution in [0.15, 0.2) is 24.3 Å². The van der Waals surface area contributed by atoms with Crippen molar-refractivity contribution in [1.82, 2.24) is 0 Å². The largest absolute Gasteiger partial charge is 0.490 e. The van der Waals surface area contributed by atoms with Gasteiger partial charge in [-0.3, -0.25) is 0 Å². The van der Waals surface area contributed by atoms with Crippen LogP contribution in [0, 0.1) is 0 Å². The van der Waals surface area contributed by atoms with Gasteiger partial charge in [0.25, 0.3) is 0 Å². The van der Waals surface area contributed by atoms with Gasteiger partial charge in [0.05, 0.1) is 5.56 Å². The molecule has 1 aromatic carbocycles. The highest BCUT2D eigenvalue weighted by Crippen LogP contribution is 2.26. The fraction of sp³-hybridized carbons (Fsp3) is 0.250. The number of hydrogen-bond acceptors (Lipinski definition) is 3. The number of carbonyl (C=O) groups is 1. The van der Waals surface area contributed by atoms with Crippen LogP contribution in [0.3, 0.4) is 0 Å². The Kier molecular flexibility index (Phi) is 2.44. The molecule has 1 aromatic rings. The normalized spacial score (nSPS) is 23.1. The van der Waals surface area contributed by atoms with E-state index in [1.54, 1.807) is 25.1 Å². The standard InChI is InChI=1S/C12H12O4/c1-12(15)5-4-8-6-9(11(13)14)2-3-10(8)16-7-12/h2-6,15H,7H2,1H3,(H,13,14)/t12-/m1/s1. The molecule has 84 valence electrons. The molecule has 0 saturated carbocycles. The molecule has 2 rings (SSSR count). The summed E-state index contributed by atoms with van der Waals surface area (Å²) >= 11 is 0. The van der Waals surface area contributed by atoms with Gasteiger partial charge in [-0.05, 0) is 31.2 Å². The Hall–Kier alpha value is -1.81. The second-order valence-corrected chi connectivity index (χ2v) is 4.04. The van der Waals surface area contributed by atoms with Crippen LogP contribution in [-0.4, -0.2) is 28.4 Å². The van der Waals surface area contributed by atoms with Crippen LogP contribution < -0.4 is 4.74 Å². The average Bonchev–Trinajstić information content (AvgIpc) is 2.38. The Balaban J connectivity index is 2.43. The lowest BCUT2D eigenvalue weighted by Crippen LogP contribution is -2.28. The molecule has 0 aliphatic carbocycles. The third kappa shape index (κ3) is 2.06. The van der Waals surface area contributed by atoms with Gasteiger partial charge in [0.15, 0.2) is 0 Å². The average molecular weight is 220 g/mol. The predicted octanol–water partition coefficient (Wildman–Crippen LogP) is 1.54. The zero-order valence-electron chi connectivity index (χ0n) is 8.80. The van der Waals surface area contributed by atoms with E-state index in [2.05, 4.69) is 0 Å². The van der Waals surface area contributed by atoms with Crippen molar-refractivity contribution >= 4 is 12.0 Å². The molecule has 0 fully saturated rings. The fourth-order valence-corrected chi connectivity index (χ4v) is 1.48. The van der Waals surface area contributed by atoms with Gasteiger partial charge in [-0.2, -0.15) is 0 Å². The van der Waals surface area contributed by atoms with Gasteiger partial charge >= 0.3 is 5.97 Å². The minimum Gasteiger partial charge on any atom is -0.490 e. The molecule has 0 radical (unpaired) electrons. The third-order valence-electron chi connectivity index (χ3n) is 2.40. The van der Waals surface area contributed by atoms with E-state index in [1.165, 1.54) is 12.1 Å². The minimum atomic E-state index is -1.03. The minimum absolute atomic E-state index is 0.156. The summed E-state index contributed by atoms with van der Waals surface area (Å²) in [5, 5.41) is 18.6.